The summed E-state index contributed by atoms with van der Waals surface area (Å²) < 4.78 is 15.5. The molecule has 2 N–H and O–H groups in total. The van der Waals surface area contributed by atoms with E-state index in [0.29, 0.717) is 28.0 Å². The van der Waals surface area contributed by atoms with Gasteiger partial charge in [0.1, 0.15) is 0 Å². The second-order valence-electron chi connectivity index (χ2n) is 4.86. The van der Waals surface area contributed by atoms with Gasteiger partial charge in [0.2, 0.25) is 5.75 Å². The molecular formula is C17H14O6. The summed E-state index contributed by atoms with van der Waals surface area (Å²) in [7, 11) is 3.05. The quantitative estimate of drug-likeness (QED) is 0.571. The van der Waals surface area contributed by atoms with Gasteiger partial charge in [0, 0.05) is 17.0 Å². The minimum Gasteiger partial charge on any atom is -0.504 e. The number of methoxy groups -OCH3 is 2. The van der Waals surface area contributed by atoms with Crippen LogP contribution in [-0.2, 0) is 0 Å². The second kappa shape index (κ2) is 5.57. The predicted molar refractivity (Wildman–Crippen MR) is 84.4 cm³/mol. The van der Waals surface area contributed by atoms with E-state index in [2.05, 4.69) is 0 Å². The summed E-state index contributed by atoms with van der Waals surface area (Å²) >= 11 is 0. The van der Waals surface area contributed by atoms with E-state index < -0.39 is 11.4 Å². The third kappa shape index (κ3) is 2.44. The molecule has 0 aliphatic heterocycles. The summed E-state index contributed by atoms with van der Waals surface area (Å²) in [6, 6.07) is 9.42. The van der Waals surface area contributed by atoms with E-state index in [4.69, 9.17) is 13.9 Å². The molecule has 0 unspecified atom stereocenters. The smallest absolute Gasteiger partial charge is 0.336 e. The summed E-state index contributed by atoms with van der Waals surface area (Å²) in [5.41, 5.74) is 0.531. The Morgan fingerprint density at radius 3 is 2.39 bits per heavy atom. The maximum atomic E-state index is 11.8. The first-order valence-electron chi connectivity index (χ1n) is 6.76. The molecular weight excluding hydrogens is 300 g/mol. The minimum absolute atomic E-state index is 0.0673. The molecule has 0 amide bonds. The van der Waals surface area contributed by atoms with Gasteiger partial charge in [-0.3, -0.25) is 0 Å². The second-order valence-corrected chi connectivity index (χ2v) is 4.86. The molecule has 0 atom stereocenters. The number of fused-ring (bicyclic) bond motifs is 1. The lowest BCUT2D eigenvalue weighted by Gasteiger charge is -2.11. The molecule has 0 bridgehead atoms. The van der Waals surface area contributed by atoms with Gasteiger partial charge in [-0.1, -0.05) is 6.07 Å². The molecule has 0 saturated carbocycles. The topological polar surface area (TPSA) is 89.1 Å². The molecule has 0 aliphatic carbocycles. The van der Waals surface area contributed by atoms with Crippen molar-refractivity contribution in [2.45, 2.75) is 0 Å². The van der Waals surface area contributed by atoms with Crippen LogP contribution in [0.3, 0.4) is 0 Å². The highest BCUT2D eigenvalue weighted by molar-refractivity contribution is 5.97. The molecule has 118 valence electrons. The van der Waals surface area contributed by atoms with Crippen LogP contribution in [0.25, 0.3) is 22.1 Å². The monoisotopic (exact) mass is 314 g/mol. The van der Waals surface area contributed by atoms with E-state index >= 15 is 0 Å². The van der Waals surface area contributed by atoms with Crippen molar-refractivity contribution in [3.8, 4) is 34.1 Å². The van der Waals surface area contributed by atoms with Crippen LogP contribution in [-0.4, -0.2) is 24.4 Å². The fraction of sp³-hybridized carbons (Fsp3) is 0.118. The average Bonchev–Trinajstić information content (AvgIpc) is 2.57. The van der Waals surface area contributed by atoms with Crippen LogP contribution in [0.4, 0.5) is 0 Å². The lowest BCUT2D eigenvalue weighted by Crippen LogP contribution is -1.99. The fourth-order valence-electron chi connectivity index (χ4n) is 2.44. The Morgan fingerprint density at radius 1 is 0.957 bits per heavy atom. The van der Waals surface area contributed by atoms with Crippen LogP contribution in [0.5, 0.6) is 23.0 Å². The van der Waals surface area contributed by atoms with E-state index in [1.54, 1.807) is 24.3 Å². The molecule has 0 radical (unpaired) electrons. The highest BCUT2D eigenvalue weighted by atomic mass is 16.5. The zero-order chi connectivity index (χ0) is 16.6. The van der Waals surface area contributed by atoms with Crippen molar-refractivity contribution >= 4 is 11.0 Å². The van der Waals surface area contributed by atoms with Crippen LogP contribution < -0.4 is 15.1 Å². The maximum Gasteiger partial charge on any atom is 0.336 e. The normalized spacial score (nSPS) is 10.7. The number of phenols is 2. The molecule has 6 nitrogen and oxygen atoms in total. The number of aromatic hydroxyl groups is 2. The molecule has 1 heterocycles. The van der Waals surface area contributed by atoms with E-state index in [-0.39, 0.29) is 11.3 Å². The van der Waals surface area contributed by atoms with Crippen LogP contribution in [0.1, 0.15) is 0 Å². The van der Waals surface area contributed by atoms with Gasteiger partial charge in [-0.25, -0.2) is 4.79 Å². The SMILES string of the molecule is COc1ccc(-c2cc(=O)oc3c(O)c(O)ccc23)cc1OC. The standard InChI is InChI=1S/C17H14O6/c1-21-13-6-3-9(7-14(13)22-2)11-8-15(19)23-17-10(11)4-5-12(18)16(17)20/h3-8,18,20H,1-2H3. The zero-order valence-electron chi connectivity index (χ0n) is 12.5. The van der Waals surface area contributed by atoms with E-state index in [0.717, 1.165) is 0 Å². The molecule has 6 heteroatoms. The molecule has 0 saturated heterocycles. The molecule has 0 aliphatic rings. The molecule has 2 aromatic carbocycles. The fourth-order valence-corrected chi connectivity index (χ4v) is 2.44. The third-order valence-electron chi connectivity index (χ3n) is 3.56. The molecule has 0 fully saturated rings. The van der Waals surface area contributed by atoms with Crippen molar-refractivity contribution in [2.24, 2.45) is 0 Å². The number of phenolic OH excluding ortho intramolecular Hbond substituents is 2. The van der Waals surface area contributed by atoms with Gasteiger partial charge in [-0.15, -0.1) is 0 Å². The highest BCUT2D eigenvalue weighted by Crippen LogP contribution is 2.39. The van der Waals surface area contributed by atoms with E-state index in [1.165, 1.54) is 26.4 Å². The Labute approximate surface area is 131 Å². The van der Waals surface area contributed by atoms with Crippen LogP contribution in [0.2, 0.25) is 0 Å². The maximum absolute atomic E-state index is 11.8. The van der Waals surface area contributed by atoms with Crippen molar-refractivity contribution in [2.75, 3.05) is 14.2 Å². The van der Waals surface area contributed by atoms with Gasteiger partial charge in [0.25, 0.3) is 0 Å². The Hall–Kier alpha value is -3.15. The largest absolute Gasteiger partial charge is 0.504 e. The van der Waals surface area contributed by atoms with Crippen LogP contribution in [0.15, 0.2) is 45.6 Å². The molecule has 3 rings (SSSR count). The number of benzene rings is 2. The Morgan fingerprint density at radius 2 is 1.70 bits per heavy atom. The van der Waals surface area contributed by atoms with E-state index in [1.807, 2.05) is 0 Å². The number of ether oxygens (including phenoxy) is 2. The van der Waals surface area contributed by atoms with Crippen molar-refractivity contribution in [1.29, 1.82) is 0 Å². The third-order valence-corrected chi connectivity index (χ3v) is 3.56. The summed E-state index contributed by atoms with van der Waals surface area (Å²) in [6.45, 7) is 0. The minimum atomic E-state index is -0.636. The van der Waals surface area contributed by atoms with Crippen LogP contribution in [0, 0.1) is 0 Å². The number of hydrogen-bond donors (Lipinski definition) is 2. The van der Waals surface area contributed by atoms with Crippen molar-refractivity contribution < 1.29 is 24.1 Å². The number of rotatable bonds is 3. The van der Waals surface area contributed by atoms with Crippen molar-refractivity contribution in [1.82, 2.24) is 0 Å². The molecule has 1 aromatic heterocycles. The molecule has 3 aromatic rings. The predicted octanol–water partition coefficient (Wildman–Crippen LogP) is 2.89. The summed E-state index contributed by atoms with van der Waals surface area (Å²) in [4.78, 5) is 11.8. The van der Waals surface area contributed by atoms with Gasteiger partial charge in [-0.2, -0.15) is 0 Å². The first-order valence-corrected chi connectivity index (χ1v) is 6.76. The van der Waals surface area contributed by atoms with E-state index in [9.17, 15) is 15.0 Å². The molecule has 23 heavy (non-hydrogen) atoms. The van der Waals surface area contributed by atoms with Gasteiger partial charge < -0.3 is 24.1 Å². The highest BCUT2D eigenvalue weighted by Gasteiger charge is 2.15. The first-order chi connectivity index (χ1) is 11.0. The lowest BCUT2D eigenvalue weighted by molar-refractivity contribution is 0.355. The number of hydrogen-bond acceptors (Lipinski definition) is 6. The van der Waals surface area contributed by atoms with Gasteiger partial charge >= 0.3 is 5.63 Å². The van der Waals surface area contributed by atoms with Gasteiger partial charge in [0.15, 0.2) is 22.8 Å². The van der Waals surface area contributed by atoms with Gasteiger partial charge in [-0.05, 0) is 29.8 Å². The summed E-state index contributed by atoms with van der Waals surface area (Å²) in [5, 5.41) is 20.0. The summed E-state index contributed by atoms with van der Waals surface area (Å²) in [6.07, 6.45) is 0. The Kier molecular flexibility index (Phi) is 3.57. The average molecular weight is 314 g/mol. The van der Waals surface area contributed by atoms with Crippen molar-refractivity contribution in [3.63, 3.8) is 0 Å². The Balaban J connectivity index is 2.32. The van der Waals surface area contributed by atoms with Crippen LogP contribution >= 0.6 is 0 Å². The van der Waals surface area contributed by atoms with Gasteiger partial charge in [0.05, 0.1) is 14.2 Å². The molecule has 0 spiro atoms. The Bertz CT molecular complexity index is 942. The van der Waals surface area contributed by atoms with Crippen molar-refractivity contribution in [3.05, 3.63) is 46.8 Å². The lowest BCUT2D eigenvalue weighted by atomic mass is 10.0. The zero-order valence-corrected chi connectivity index (χ0v) is 12.5. The first kappa shape index (κ1) is 14.8. The summed E-state index contributed by atoms with van der Waals surface area (Å²) in [5.74, 6) is 0.241.